The van der Waals surface area contributed by atoms with Gasteiger partial charge in [0.05, 0.1) is 7.11 Å². The lowest BCUT2D eigenvalue weighted by molar-refractivity contribution is 0.203. The van der Waals surface area contributed by atoms with E-state index >= 15 is 0 Å². The molecular formula is C21H23ClN2O2. The molecule has 0 saturated carbocycles. The Morgan fingerprint density at radius 1 is 1.15 bits per heavy atom. The van der Waals surface area contributed by atoms with Crippen molar-refractivity contribution in [3.8, 4) is 5.75 Å². The zero-order valence-electron chi connectivity index (χ0n) is 15.0. The number of ether oxygens (including phenoxy) is 1. The Morgan fingerprint density at radius 2 is 1.92 bits per heavy atom. The monoisotopic (exact) mass is 370 g/mol. The summed E-state index contributed by atoms with van der Waals surface area (Å²) in [5.41, 5.74) is 3.03. The first-order chi connectivity index (χ1) is 12.7. The van der Waals surface area contributed by atoms with Gasteiger partial charge in [0.15, 0.2) is 11.5 Å². The first kappa shape index (κ1) is 17.4. The third kappa shape index (κ3) is 3.87. The standard InChI is InChI=1S/C21H23ClN2O2/c1-25-18-5-2-15(3-6-18)8-11-24-12-9-16(10-13-24)21-23-19-14-17(22)4-7-20(19)26-21/h2-7,14,16H,8-13H2,1H3. The Kier molecular flexibility index (Phi) is 5.14. The number of methoxy groups -OCH3 is 1. The van der Waals surface area contributed by atoms with Crippen molar-refractivity contribution in [3.05, 3.63) is 58.9 Å². The summed E-state index contributed by atoms with van der Waals surface area (Å²) < 4.78 is 11.2. The maximum absolute atomic E-state index is 6.04. The van der Waals surface area contributed by atoms with Gasteiger partial charge in [-0.1, -0.05) is 23.7 Å². The highest BCUT2D eigenvalue weighted by molar-refractivity contribution is 6.31. The summed E-state index contributed by atoms with van der Waals surface area (Å²) in [6, 6.07) is 14.0. The molecule has 1 aromatic heterocycles. The van der Waals surface area contributed by atoms with Crippen LogP contribution in [0.25, 0.3) is 11.1 Å². The molecule has 0 aliphatic carbocycles. The Labute approximate surface area is 158 Å². The summed E-state index contributed by atoms with van der Waals surface area (Å²) >= 11 is 6.04. The van der Waals surface area contributed by atoms with Crippen LogP contribution in [0.4, 0.5) is 0 Å². The molecule has 26 heavy (non-hydrogen) atoms. The minimum Gasteiger partial charge on any atom is -0.497 e. The van der Waals surface area contributed by atoms with Crippen LogP contribution in [0.3, 0.4) is 0 Å². The SMILES string of the molecule is COc1ccc(CCN2CCC(c3nc4cc(Cl)ccc4o3)CC2)cc1. The van der Waals surface area contributed by atoms with Gasteiger partial charge in [0.25, 0.3) is 0 Å². The van der Waals surface area contributed by atoms with Gasteiger partial charge < -0.3 is 14.1 Å². The molecule has 136 valence electrons. The second-order valence-corrected chi connectivity index (χ2v) is 7.31. The van der Waals surface area contributed by atoms with Crippen LogP contribution in [-0.2, 0) is 6.42 Å². The van der Waals surface area contributed by atoms with Crippen molar-refractivity contribution >= 4 is 22.7 Å². The topological polar surface area (TPSA) is 38.5 Å². The summed E-state index contributed by atoms with van der Waals surface area (Å²) in [5, 5.41) is 0.700. The fourth-order valence-corrected chi connectivity index (χ4v) is 3.74. The summed E-state index contributed by atoms with van der Waals surface area (Å²) in [7, 11) is 1.70. The molecule has 1 fully saturated rings. The van der Waals surface area contributed by atoms with Crippen LogP contribution < -0.4 is 4.74 Å². The highest BCUT2D eigenvalue weighted by Crippen LogP contribution is 2.30. The number of oxazole rings is 1. The van der Waals surface area contributed by atoms with Crippen molar-refractivity contribution in [1.82, 2.24) is 9.88 Å². The van der Waals surface area contributed by atoms with Crippen LogP contribution in [-0.4, -0.2) is 36.6 Å². The Balaban J connectivity index is 1.31. The molecule has 0 unspecified atom stereocenters. The van der Waals surface area contributed by atoms with E-state index in [9.17, 15) is 0 Å². The van der Waals surface area contributed by atoms with E-state index in [2.05, 4.69) is 22.0 Å². The van der Waals surface area contributed by atoms with E-state index in [0.29, 0.717) is 10.9 Å². The molecule has 2 heterocycles. The molecular weight excluding hydrogens is 348 g/mol. The Hall–Kier alpha value is -2.04. The third-order valence-corrected chi connectivity index (χ3v) is 5.41. The number of nitrogens with zero attached hydrogens (tertiary/aromatic N) is 2. The molecule has 1 saturated heterocycles. The molecule has 0 bridgehead atoms. The molecule has 0 atom stereocenters. The zero-order chi connectivity index (χ0) is 17.9. The summed E-state index contributed by atoms with van der Waals surface area (Å²) in [5.74, 6) is 2.17. The van der Waals surface area contributed by atoms with Crippen molar-refractivity contribution in [2.24, 2.45) is 0 Å². The molecule has 1 aliphatic heterocycles. The Bertz CT molecular complexity index is 867. The highest BCUT2D eigenvalue weighted by atomic mass is 35.5. The van der Waals surface area contributed by atoms with Gasteiger partial charge in [0.2, 0.25) is 0 Å². The molecule has 0 amide bonds. The average Bonchev–Trinajstić information content (AvgIpc) is 3.10. The molecule has 5 heteroatoms. The first-order valence-electron chi connectivity index (χ1n) is 9.12. The number of rotatable bonds is 5. The number of piperidine rings is 1. The normalized spacial score (nSPS) is 16.2. The van der Waals surface area contributed by atoms with Gasteiger partial charge in [0, 0.05) is 17.5 Å². The molecule has 4 rings (SSSR count). The Morgan fingerprint density at radius 3 is 2.65 bits per heavy atom. The maximum Gasteiger partial charge on any atom is 0.198 e. The largest absolute Gasteiger partial charge is 0.497 e. The van der Waals surface area contributed by atoms with Gasteiger partial charge in [-0.15, -0.1) is 0 Å². The molecule has 4 nitrogen and oxygen atoms in total. The number of likely N-dealkylation sites (tertiary alicyclic amines) is 1. The second-order valence-electron chi connectivity index (χ2n) is 6.88. The van der Waals surface area contributed by atoms with Crippen molar-refractivity contribution < 1.29 is 9.15 Å². The van der Waals surface area contributed by atoms with Crippen LogP contribution in [0.2, 0.25) is 5.02 Å². The molecule has 0 spiro atoms. The molecule has 0 N–H and O–H groups in total. The molecule has 2 aromatic carbocycles. The van der Waals surface area contributed by atoms with Gasteiger partial charge in [-0.05, 0) is 68.2 Å². The minimum atomic E-state index is 0.401. The van der Waals surface area contributed by atoms with Crippen LogP contribution in [0.1, 0.15) is 30.2 Å². The predicted octanol–water partition coefficient (Wildman–Crippen LogP) is 4.91. The highest BCUT2D eigenvalue weighted by Gasteiger charge is 2.24. The fourth-order valence-electron chi connectivity index (χ4n) is 3.58. The summed E-state index contributed by atoms with van der Waals surface area (Å²) in [6.45, 7) is 3.25. The maximum atomic E-state index is 6.04. The van der Waals surface area contributed by atoms with E-state index < -0.39 is 0 Å². The van der Waals surface area contributed by atoms with Gasteiger partial charge >= 0.3 is 0 Å². The van der Waals surface area contributed by atoms with E-state index in [1.807, 2.05) is 30.3 Å². The quantitative estimate of drug-likeness (QED) is 0.639. The van der Waals surface area contributed by atoms with Crippen LogP contribution in [0.5, 0.6) is 5.75 Å². The first-order valence-corrected chi connectivity index (χ1v) is 9.50. The number of aromatic nitrogens is 1. The summed E-state index contributed by atoms with van der Waals surface area (Å²) in [6.07, 6.45) is 3.24. The van der Waals surface area contributed by atoms with Gasteiger partial charge in [0.1, 0.15) is 11.3 Å². The smallest absolute Gasteiger partial charge is 0.198 e. The average molecular weight is 371 g/mol. The minimum absolute atomic E-state index is 0.401. The van der Waals surface area contributed by atoms with Gasteiger partial charge in [-0.3, -0.25) is 0 Å². The number of halogens is 1. The molecule has 1 aliphatic rings. The number of hydrogen-bond donors (Lipinski definition) is 0. The van der Waals surface area contributed by atoms with E-state index in [4.69, 9.17) is 20.8 Å². The van der Waals surface area contributed by atoms with Gasteiger partial charge in [-0.2, -0.15) is 0 Å². The number of benzene rings is 2. The van der Waals surface area contributed by atoms with Crippen LogP contribution >= 0.6 is 11.6 Å². The van der Waals surface area contributed by atoms with E-state index in [1.165, 1.54) is 5.56 Å². The zero-order valence-corrected chi connectivity index (χ0v) is 15.7. The second kappa shape index (κ2) is 7.68. The van der Waals surface area contributed by atoms with Crippen LogP contribution in [0.15, 0.2) is 46.9 Å². The lowest BCUT2D eigenvalue weighted by Crippen LogP contribution is -2.34. The lowest BCUT2D eigenvalue weighted by Gasteiger charge is -2.30. The predicted molar refractivity (Wildman–Crippen MR) is 104 cm³/mol. The van der Waals surface area contributed by atoms with Crippen molar-refractivity contribution in [1.29, 1.82) is 0 Å². The van der Waals surface area contributed by atoms with Crippen molar-refractivity contribution in [2.45, 2.75) is 25.2 Å². The fraction of sp³-hybridized carbons (Fsp3) is 0.381. The lowest BCUT2D eigenvalue weighted by atomic mass is 9.96. The van der Waals surface area contributed by atoms with Gasteiger partial charge in [-0.25, -0.2) is 4.98 Å². The third-order valence-electron chi connectivity index (χ3n) is 5.18. The van der Waals surface area contributed by atoms with E-state index in [0.717, 1.165) is 61.6 Å². The summed E-state index contributed by atoms with van der Waals surface area (Å²) in [4.78, 5) is 7.18. The van der Waals surface area contributed by atoms with Crippen molar-refractivity contribution in [3.63, 3.8) is 0 Å². The van der Waals surface area contributed by atoms with Crippen LogP contribution in [0, 0.1) is 0 Å². The van der Waals surface area contributed by atoms with Crippen molar-refractivity contribution in [2.75, 3.05) is 26.7 Å². The van der Waals surface area contributed by atoms with E-state index in [-0.39, 0.29) is 0 Å². The van der Waals surface area contributed by atoms with E-state index in [1.54, 1.807) is 7.11 Å². The molecule has 0 radical (unpaired) electrons. The molecule has 3 aromatic rings. The number of hydrogen-bond acceptors (Lipinski definition) is 4. The number of fused-ring (bicyclic) bond motifs is 1.